The summed E-state index contributed by atoms with van der Waals surface area (Å²) in [7, 11) is 0. The van der Waals surface area contributed by atoms with Crippen LogP contribution in [0.15, 0.2) is 12.7 Å². The number of carbonyl (C=O) groups excluding carboxylic acids is 1. The van der Waals surface area contributed by atoms with Crippen molar-refractivity contribution in [2.24, 2.45) is 5.92 Å². The quantitative estimate of drug-likeness (QED) is 0.548. The molecule has 0 radical (unpaired) electrons. The van der Waals surface area contributed by atoms with Crippen LogP contribution in [0.2, 0.25) is 0 Å². The van der Waals surface area contributed by atoms with Crippen molar-refractivity contribution in [1.82, 2.24) is 5.32 Å². The number of nitrogens with one attached hydrogen (secondary N) is 1. The molecule has 1 aliphatic carbocycles. The van der Waals surface area contributed by atoms with E-state index in [2.05, 4.69) is 18.8 Å². The third kappa shape index (κ3) is 6.47. The van der Waals surface area contributed by atoms with Crippen molar-refractivity contribution < 1.29 is 9.53 Å². The molecule has 3 nitrogen and oxygen atoms in total. The maximum Gasteiger partial charge on any atom is 0.243 e. The molecule has 0 aromatic carbocycles. The van der Waals surface area contributed by atoms with Crippen LogP contribution in [0.4, 0.5) is 0 Å². The third-order valence-corrected chi connectivity index (χ3v) is 3.37. The van der Waals surface area contributed by atoms with Gasteiger partial charge in [-0.15, -0.1) is 0 Å². The summed E-state index contributed by atoms with van der Waals surface area (Å²) >= 11 is 0. The normalized spacial score (nSPS) is 24.3. The van der Waals surface area contributed by atoms with Gasteiger partial charge in [-0.3, -0.25) is 4.79 Å². The second kappa shape index (κ2) is 8.29. The van der Waals surface area contributed by atoms with E-state index in [1.165, 1.54) is 31.8 Å². The molecule has 1 fully saturated rings. The zero-order chi connectivity index (χ0) is 12.5. The molecule has 0 aliphatic heterocycles. The Labute approximate surface area is 105 Å². The lowest BCUT2D eigenvalue weighted by Gasteiger charge is -2.26. The van der Waals surface area contributed by atoms with Crippen LogP contribution in [0.25, 0.3) is 0 Å². The summed E-state index contributed by atoms with van der Waals surface area (Å²) < 4.78 is 5.83. The number of carbonyl (C=O) groups is 1. The van der Waals surface area contributed by atoms with E-state index in [4.69, 9.17) is 4.74 Å². The summed E-state index contributed by atoms with van der Waals surface area (Å²) in [6.45, 7) is 7.26. The van der Waals surface area contributed by atoms with Crippen LogP contribution >= 0.6 is 0 Å². The number of hydrogen-bond acceptors (Lipinski definition) is 2. The highest BCUT2D eigenvalue weighted by atomic mass is 16.5. The van der Waals surface area contributed by atoms with Gasteiger partial charge in [0.25, 0.3) is 0 Å². The number of rotatable bonds is 7. The molecule has 1 saturated carbocycles. The second-order valence-electron chi connectivity index (χ2n) is 4.95. The smallest absolute Gasteiger partial charge is 0.243 e. The molecule has 1 N–H and O–H groups in total. The summed E-state index contributed by atoms with van der Waals surface area (Å²) in [5.74, 6) is 0.788. The maximum atomic E-state index is 10.9. The molecule has 1 aliphatic rings. The average Bonchev–Trinajstić information content (AvgIpc) is 2.35. The summed E-state index contributed by atoms with van der Waals surface area (Å²) in [5.41, 5.74) is 0. The summed E-state index contributed by atoms with van der Waals surface area (Å²) in [6.07, 6.45) is 8.82. The van der Waals surface area contributed by atoms with E-state index in [0.29, 0.717) is 6.10 Å². The van der Waals surface area contributed by atoms with Crippen molar-refractivity contribution >= 4 is 5.91 Å². The highest BCUT2D eigenvalue weighted by molar-refractivity contribution is 5.86. The molecule has 17 heavy (non-hydrogen) atoms. The van der Waals surface area contributed by atoms with Gasteiger partial charge >= 0.3 is 0 Å². The largest absolute Gasteiger partial charge is 0.378 e. The molecule has 3 heteroatoms. The molecule has 0 bridgehead atoms. The van der Waals surface area contributed by atoms with Gasteiger partial charge in [-0.05, 0) is 50.5 Å². The Kier molecular flexibility index (Phi) is 6.94. The second-order valence-corrected chi connectivity index (χ2v) is 4.95. The first-order valence-electron chi connectivity index (χ1n) is 6.74. The standard InChI is InChI=1S/C14H25NO2/c1-3-14(16)15-10-4-5-11-17-13-8-6-12(2)7-9-13/h3,12-13H,1,4-11H2,2H3,(H,15,16). The van der Waals surface area contributed by atoms with Gasteiger partial charge in [-0.25, -0.2) is 0 Å². The Hall–Kier alpha value is -0.830. The van der Waals surface area contributed by atoms with E-state index in [-0.39, 0.29) is 5.91 Å². The zero-order valence-electron chi connectivity index (χ0n) is 10.9. The fourth-order valence-electron chi connectivity index (χ4n) is 2.16. The van der Waals surface area contributed by atoms with E-state index < -0.39 is 0 Å². The molecule has 98 valence electrons. The third-order valence-electron chi connectivity index (χ3n) is 3.37. The zero-order valence-corrected chi connectivity index (χ0v) is 10.9. The fraction of sp³-hybridized carbons (Fsp3) is 0.786. The molecular formula is C14H25NO2. The first-order valence-corrected chi connectivity index (χ1v) is 6.74. The molecule has 0 aromatic rings. The van der Waals surface area contributed by atoms with Crippen molar-refractivity contribution in [2.45, 2.75) is 51.6 Å². The lowest BCUT2D eigenvalue weighted by atomic mass is 9.89. The number of hydrogen-bond donors (Lipinski definition) is 1. The van der Waals surface area contributed by atoms with Crippen molar-refractivity contribution in [2.75, 3.05) is 13.2 Å². The van der Waals surface area contributed by atoms with Gasteiger partial charge in [-0.2, -0.15) is 0 Å². The topological polar surface area (TPSA) is 38.3 Å². The van der Waals surface area contributed by atoms with Crippen molar-refractivity contribution in [3.63, 3.8) is 0 Å². The fourth-order valence-corrected chi connectivity index (χ4v) is 2.16. The predicted octanol–water partition coefficient (Wildman–Crippen LogP) is 2.66. The van der Waals surface area contributed by atoms with Crippen LogP contribution in [0.5, 0.6) is 0 Å². The molecule has 0 saturated heterocycles. The Morgan fingerprint density at radius 1 is 1.35 bits per heavy atom. The van der Waals surface area contributed by atoms with Crippen LogP contribution in [0.1, 0.15) is 45.4 Å². The van der Waals surface area contributed by atoms with Gasteiger partial charge in [0.05, 0.1) is 6.10 Å². The Morgan fingerprint density at radius 3 is 2.71 bits per heavy atom. The first-order chi connectivity index (χ1) is 8.22. The summed E-state index contributed by atoms with van der Waals surface area (Å²) in [6, 6.07) is 0. The SMILES string of the molecule is C=CC(=O)NCCCCOC1CCC(C)CC1. The van der Waals surface area contributed by atoms with Crippen molar-refractivity contribution in [3.05, 3.63) is 12.7 Å². The summed E-state index contributed by atoms with van der Waals surface area (Å²) in [4.78, 5) is 10.9. The average molecular weight is 239 g/mol. The molecule has 1 amide bonds. The van der Waals surface area contributed by atoms with E-state index in [0.717, 1.165) is 31.9 Å². The van der Waals surface area contributed by atoms with E-state index in [9.17, 15) is 4.79 Å². The predicted molar refractivity (Wildman–Crippen MR) is 69.8 cm³/mol. The highest BCUT2D eigenvalue weighted by Gasteiger charge is 2.17. The van der Waals surface area contributed by atoms with Crippen LogP contribution < -0.4 is 5.32 Å². The van der Waals surface area contributed by atoms with Crippen LogP contribution in [-0.2, 0) is 9.53 Å². The van der Waals surface area contributed by atoms with Gasteiger partial charge in [0, 0.05) is 13.2 Å². The minimum absolute atomic E-state index is 0.0906. The first kappa shape index (κ1) is 14.2. The highest BCUT2D eigenvalue weighted by Crippen LogP contribution is 2.25. The van der Waals surface area contributed by atoms with E-state index >= 15 is 0 Å². The van der Waals surface area contributed by atoms with Gasteiger partial charge in [0.15, 0.2) is 0 Å². The minimum Gasteiger partial charge on any atom is -0.378 e. The molecule has 0 heterocycles. The minimum atomic E-state index is -0.0906. The van der Waals surface area contributed by atoms with Crippen LogP contribution in [0.3, 0.4) is 0 Å². The lowest BCUT2D eigenvalue weighted by molar-refractivity contribution is -0.116. The molecule has 1 rings (SSSR count). The molecule has 0 spiro atoms. The Bertz CT molecular complexity index is 232. The van der Waals surface area contributed by atoms with Crippen LogP contribution in [0, 0.1) is 5.92 Å². The van der Waals surface area contributed by atoms with Gasteiger partial charge < -0.3 is 10.1 Å². The Morgan fingerprint density at radius 2 is 2.06 bits per heavy atom. The maximum absolute atomic E-state index is 10.9. The van der Waals surface area contributed by atoms with Crippen molar-refractivity contribution in [3.8, 4) is 0 Å². The molecule has 0 atom stereocenters. The summed E-state index contributed by atoms with van der Waals surface area (Å²) in [5, 5.41) is 2.76. The molecule has 0 unspecified atom stereocenters. The molecular weight excluding hydrogens is 214 g/mol. The lowest BCUT2D eigenvalue weighted by Crippen LogP contribution is -2.23. The van der Waals surface area contributed by atoms with Crippen LogP contribution in [-0.4, -0.2) is 25.2 Å². The van der Waals surface area contributed by atoms with E-state index in [1.54, 1.807) is 0 Å². The Balaban J connectivity index is 1.90. The van der Waals surface area contributed by atoms with Gasteiger partial charge in [0.2, 0.25) is 5.91 Å². The van der Waals surface area contributed by atoms with Gasteiger partial charge in [-0.1, -0.05) is 13.5 Å². The number of ether oxygens (including phenoxy) is 1. The number of unbranched alkanes of at least 4 members (excludes halogenated alkanes) is 1. The monoisotopic (exact) mass is 239 g/mol. The van der Waals surface area contributed by atoms with Gasteiger partial charge in [0.1, 0.15) is 0 Å². The molecule has 0 aromatic heterocycles. The van der Waals surface area contributed by atoms with Crippen molar-refractivity contribution in [1.29, 1.82) is 0 Å². The number of amides is 1. The van der Waals surface area contributed by atoms with E-state index in [1.807, 2.05) is 0 Å².